The lowest BCUT2D eigenvalue weighted by Crippen LogP contribution is -2.40. The van der Waals surface area contributed by atoms with E-state index in [9.17, 15) is 0 Å². The van der Waals surface area contributed by atoms with E-state index >= 15 is 0 Å². The summed E-state index contributed by atoms with van der Waals surface area (Å²) in [6, 6.07) is 0.940. The second-order valence-electron chi connectivity index (χ2n) is 4.84. The van der Waals surface area contributed by atoms with Gasteiger partial charge < -0.3 is 9.64 Å². The van der Waals surface area contributed by atoms with Crippen LogP contribution in [0.25, 0.3) is 0 Å². The van der Waals surface area contributed by atoms with Gasteiger partial charge in [-0.1, -0.05) is 6.42 Å². The van der Waals surface area contributed by atoms with Crippen molar-refractivity contribution in [2.75, 3.05) is 20.2 Å². The molecular weight excluding hydrogens is 250 g/mol. The number of ether oxygens (including phenoxy) is 1. The van der Waals surface area contributed by atoms with Crippen LogP contribution in [-0.2, 0) is 5.88 Å². The minimum Gasteiger partial charge on any atom is -0.462 e. The van der Waals surface area contributed by atoms with Crippen LogP contribution in [0.2, 0.25) is 0 Å². The van der Waals surface area contributed by atoms with E-state index in [1.807, 2.05) is 6.92 Å². The molecule has 0 radical (unpaired) electrons. The summed E-state index contributed by atoms with van der Waals surface area (Å²) >= 11 is 5.77. The summed E-state index contributed by atoms with van der Waals surface area (Å²) < 4.78 is 5.69. The zero-order chi connectivity index (χ0) is 13.0. The number of likely N-dealkylation sites (tertiary alicyclic amines) is 1. The molecule has 0 spiro atoms. The molecule has 0 saturated carbocycles. The highest BCUT2D eigenvalue weighted by molar-refractivity contribution is 6.17. The Balaban J connectivity index is 1.91. The van der Waals surface area contributed by atoms with E-state index in [1.54, 1.807) is 6.20 Å². The molecule has 2 heterocycles. The van der Waals surface area contributed by atoms with Crippen molar-refractivity contribution >= 4 is 11.6 Å². The average Bonchev–Trinajstić information content (AvgIpc) is 2.38. The molecule has 1 aromatic heterocycles. The minimum absolute atomic E-state index is 0.442. The zero-order valence-corrected chi connectivity index (χ0v) is 11.8. The molecule has 0 N–H and O–H groups in total. The standard InChI is InChI=1S/C13H20ClN3O/c1-10-11(7-14)8-15-13(16-10)18-9-12-5-3-4-6-17(12)2/h8,12H,3-7,9H2,1-2H3. The number of hydrogen-bond donors (Lipinski definition) is 0. The maximum Gasteiger partial charge on any atom is 0.316 e. The monoisotopic (exact) mass is 269 g/mol. The summed E-state index contributed by atoms with van der Waals surface area (Å²) in [5.41, 5.74) is 1.85. The molecule has 0 amide bonds. The molecule has 0 aliphatic carbocycles. The Bertz CT molecular complexity index is 400. The molecular formula is C13H20ClN3O. The lowest BCUT2D eigenvalue weighted by Gasteiger charge is -2.31. The molecule has 1 fully saturated rings. The second kappa shape index (κ2) is 6.34. The highest BCUT2D eigenvalue weighted by Crippen LogP contribution is 2.16. The second-order valence-corrected chi connectivity index (χ2v) is 5.11. The van der Waals surface area contributed by atoms with Crippen LogP contribution >= 0.6 is 11.6 Å². The first-order chi connectivity index (χ1) is 8.70. The van der Waals surface area contributed by atoms with E-state index in [-0.39, 0.29) is 0 Å². The van der Waals surface area contributed by atoms with Gasteiger partial charge in [-0.2, -0.15) is 0 Å². The highest BCUT2D eigenvalue weighted by atomic mass is 35.5. The summed E-state index contributed by atoms with van der Waals surface area (Å²) in [6.45, 7) is 3.74. The number of hydrogen-bond acceptors (Lipinski definition) is 4. The van der Waals surface area contributed by atoms with E-state index in [0.717, 1.165) is 17.8 Å². The van der Waals surface area contributed by atoms with Gasteiger partial charge in [-0.05, 0) is 33.4 Å². The zero-order valence-electron chi connectivity index (χ0n) is 11.0. The lowest BCUT2D eigenvalue weighted by molar-refractivity contribution is 0.119. The lowest BCUT2D eigenvalue weighted by atomic mass is 10.0. The van der Waals surface area contributed by atoms with Gasteiger partial charge in [0, 0.05) is 23.5 Å². The molecule has 4 nitrogen and oxygen atoms in total. The fraction of sp³-hybridized carbons (Fsp3) is 0.692. The van der Waals surface area contributed by atoms with Crippen LogP contribution < -0.4 is 4.74 Å². The molecule has 2 rings (SSSR count). The maximum atomic E-state index is 5.77. The van der Waals surface area contributed by atoms with Gasteiger partial charge in [0.2, 0.25) is 0 Å². The predicted molar refractivity (Wildman–Crippen MR) is 72.1 cm³/mol. The number of aryl methyl sites for hydroxylation is 1. The van der Waals surface area contributed by atoms with Gasteiger partial charge in [-0.3, -0.25) is 0 Å². The molecule has 5 heteroatoms. The smallest absolute Gasteiger partial charge is 0.316 e. The van der Waals surface area contributed by atoms with Crippen LogP contribution in [0.15, 0.2) is 6.20 Å². The quantitative estimate of drug-likeness (QED) is 0.787. The van der Waals surface area contributed by atoms with Crippen LogP contribution in [0.1, 0.15) is 30.5 Å². The van der Waals surface area contributed by atoms with Crippen molar-refractivity contribution in [1.29, 1.82) is 0 Å². The van der Waals surface area contributed by atoms with E-state index < -0.39 is 0 Å². The SMILES string of the molecule is Cc1nc(OCC2CCCCN2C)ncc1CCl. The van der Waals surface area contributed by atoms with E-state index in [1.165, 1.54) is 19.3 Å². The highest BCUT2D eigenvalue weighted by Gasteiger charge is 2.19. The average molecular weight is 270 g/mol. The number of aromatic nitrogens is 2. The third-order valence-electron chi connectivity index (χ3n) is 3.53. The Hall–Kier alpha value is -0.870. The third kappa shape index (κ3) is 3.33. The molecule has 1 saturated heterocycles. The number of nitrogens with zero attached hydrogens (tertiary/aromatic N) is 3. The van der Waals surface area contributed by atoms with Gasteiger partial charge in [0.15, 0.2) is 0 Å². The summed E-state index contributed by atoms with van der Waals surface area (Å²) in [7, 11) is 2.15. The van der Waals surface area contributed by atoms with Crippen molar-refractivity contribution in [1.82, 2.24) is 14.9 Å². The molecule has 0 bridgehead atoms. The number of halogens is 1. The Labute approximate surface area is 113 Å². The van der Waals surface area contributed by atoms with Crippen molar-refractivity contribution in [3.05, 3.63) is 17.5 Å². The predicted octanol–water partition coefficient (Wildman–Crippen LogP) is 2.39. The Morgan fingerprint density at radius 3 is 3.00 bits per heavy atom. The first-order valence-corrected chi connectivity index (χ1v) is 6.95. The molecule has 1 aromatic rings. The van der Waals surface area contributed by atoms with Crippen molar-refractivity contribution < 1.29 is 4.74 Å². The van der Waals surface area contributed by atoms with Gasteiger partial charge in [0.25, 0.3) is 0 Å². The van der Waals surface area contributed by atoms with Crippen molar-refractivity contribution in [2.45, 2.75) is 38.1 Å². The summed E-state index contributed by atoms with van der Waals surface area (Å²) in [6.07, 6.45) is 5.50. The number of likely N-dealkylation sites (N-methyl/N-ethyl adjacent to an activating group) is 1. The summed E-state index contributed by atoms with van der Waals surface area (Å²) in [5.74, 6) is 0.442. The molecule has 0 aromatic carbocycles. The minimum atomic E-state index is 0.442. The van der Waals surface area contributed by atoms with Gasteiger partial charge >= 0.3 is 6.01 Å². The first-order valence-electron chi connectivity index (χ1n) is 6.42. The van der Waals surface area contributed by atoms with Crippen LogP contribution in [-0.4, -0.2) is 41.1 Å². The topological polar surface area (TPSA) is 38.2 Å². The van der Waals surface area contributed by atoms with E-state index in [2.05, 4.69) is 21.9 Å². The molecule has 100 valence electrons. The summed E-state index contributed by atoms with van der Waals surface area (Å²) in [4.78, 5) is 10.9. The maximum absolute atomic E-state index is 5.77. The van der Waals surface area contributed by atoms with Crippen molar-refractivity contribution in [2.24, 2.45) is 0 Å². The Morgan fingerprint density at radius 2 is 2.33 bits per heavy atom. The van der Waals surface area contributed by atoms with Crippen LogP contribution in [0.5, 0.6) is 6.01 Å². The third-order valence-corrected chi connectivity index (χ3v) is 3.82. The largest absolute Gasteiger partial charge is 0.462 e. The summed E-state index contributed by atoms with van der Waals surface area (Å²) in [5, 5.41) is 0. The molecule has 1 unspecified atom stereocenters. The molecule has 1 atom stereocenters. The first kappa shape index (κ1) is 13.6. The van der Waals surface area contributed by atoms with Gasteiger partial charge in [0.1, 0.15) is 6.61 Å². The number of alkyl halides is 1. The Kier molecular flexibility index (Phi) is 4.78. The molecule has 1 aliphatic rings. The van der Waals surface area contributed by atoms with Crippen molar-refractivity contribution in [3.63, 3.8) is 0 Å². The van der Waals surface area contributed by atoms with Crippen LogP contribution in [0.4, 0.5) is 0 Å². The van der Waals surface area contributed by atoms with Gasteiger partial charge in [-0.25, -0.2) is 9.97 Å². The van der Waals surface area contributed by atoms with Crippen molar-refractivity contribution in [3.8, 4) is 6.01 Å². The van der Waals surface area contributed by atoms with E-state index in [4.69, 9.17) is 16.3 Å². The number of piperidine rings is 1. The Morgan fingerprint density at radius 1 is 1.50 bits per heavy atom. The van der Waals surface area contributed by atoms with Gasteiger partial charge in [-0.15, -0.1) is 11.6 Å². The number of rotatable bonds is 4. The van der Waals surface area contributed by atoms with Gasteiger partial charge in [0.05, 0.1) is 5.88 Å². The fourth-order valence-electron chi connectivity index (χ4n) is 2.20. The molecule has 18 heavy (non-hydrogen) atoms. The van der Waals surface area contributed by atoms with Crippen LogP contribution in [0, 0.1) is 6.92 Å². The molecule has 1 aliphatic heterocycles. The fourth-order valence-corrected chi connectivity index (χ4v) is 2.46. The van der Waals surface area contributed by atoms with E-state index in [0.29, 0.717) is 24.5 Å². The van der Waals surface area contributed by atoms with Crippen LogP contribution in [0.3, 0.4) is 0 Å². The normalized spacial score (nSPS) is 20.9.